The molecule has 0 aromatic carbocycles. The van der Waals surface area contributed by atoms with E-state index < -0.39 is 6.17 Å². The van der Waals surface area contributed by atoms with Gasteiger partial charge in [-0.15, -0.1) is 0 Å². The number of alkyl halides is 1. The van der Waals surface area contributed by atoms with E-state index in [1.165, 1.54) is 0 Å². The maximum atomic E-state index is 12.9. The van der Waals surface area contributed by atoms with Crippen LogP contribution in [0.15, 0.2) is 12.4 Å². The number of rotatable bonds is 3. The SMILES string of the molecule is CCn1ccnc1C(F)CN. The van der Waals surface area contributed by atoms with E-state index in [-0.39, 0.29) is 6.54 Å². The Morgan fingerprint density at radius 2 is 2.55 bits per heavy atom. The molecule has 0 spiro atoms. The monoisotopic (exact) mass is 157 g/mol. The molecule has 62 valence electrons. The number of nitrogens with zero attached hydrogens (tertiary/aromatic N) is 2. The quantitative estimate of drug-likeness (QED) is 0.707. The van der Waals surface area contributed by atoms with Crippen LogP contribution in [0.25, 0.3) is 0 Å². The fraction of sp³-hybridized carbons (Fsp3) is 0.571. The van der Waals surface area contributed by atoms with Crippen LogP contribution in [0.1, 0.15) is 18.9 Å². The topological polar surface area (TPSA) is 43.8 Å². The number of aryl methyl sites for hydroxylation is 1. The van der Waals surface area contributed by atoms with Crippen molar-refractivity contribution in [3.8, 4) is 0 Å². The Balaban J connectivity index is 2.83. The summed E-state index contributed by atoms with van der Waals surface area (Å²) in [5, 5.41) is 0. The number of nitrogens with two attached hydrogens (primary N) is 1. The fourth-order valence-electron chi connectivity index (χ4n) is 0.974. The van der Waals surface area contributed by atoms with Crippen LogP contribution >= 0.6 is 0 Å². The van der Waals surface area contributed by atoms with Gasteiger partial charge in [-0.3, -0.25) is 0 Å². The highest BCUT2D eigenvalue weighted by Gasteiger charge is 2.12. The van der Waals surface area contributed by atoms with Crippen LogP contribution in [0.5, 0.6) is 0 Å². The van der Waals surface area contributed by atoms with E-state index in [2.05, 4.69) is 4.98 Å². The molecule has 0 radical (unpaired) electrons. The van der Waals surface area contributed by atoms with Gasteiger partial charge in [0.25, 0.3) is 0 Å². The highest BCUT2D eigenvalue weighted by Crippen LogP contribution is 2.12. The maximum Gasteiger partial charge on any atom is 0.170 e. The first-order valence-corrected chi connectivity index (χ1v) is 3.64. The van der Waals surface area contributed by atoms with Gasteiger partial charge in [-0.2, -0.15) is 0 Å². The van der Waals surface area contributed by atoms with Gasteiger partial charge < -0.3 is 10.3 Å². The first-order chi connectivity index (χ1) is 5.29. The predicted molar refractivity (Wildman–Crippen MR) is 40.8 cm³/mol. The van der Waals surface area contributed by atoms with Gasteiger partial charge in [0.2, 0.25) is 0 Å². The molecule has 0 aliphatic heterocycles. The molecule has 4 heteroatoms. The number of imidazole rings is 1. The lowest BCUT2D eigenvalue weighted by Crippen LogP contribution is -2.13. The zero-order valence-electron chi connectivity index (χ0n) is 6.50. The Labute approximate surface area is 65.0 Å². The Bertz CT molecular complexity index is 221. The van der Waals surface area contributed by atoms with Gasteiger partial charge in [0.05, 0.1) is 0 Å². The zero-order chi connectivity index (χ0) is 8.27. The molecule has 1 unspecified atom stereocenters. The van der Waals surface area contributed by atoms with Crippen molar-refractivity contribution in [1.82, 2.24) is 9.55 Å². The lowest BCUT2D eigenvalue weighted by atomic mass is 10.3. The van der Waals surface area contributed by atoms with Gasteiger partial charge in [-0.25, -0.2) is 9.37 Å². The van der Waals surface area contributed by atoms with Crippen molar-refractivity contribution in [1.29, 1.82) is 0 Å². The summed E-state index contributed by atoms with van der Waals surface area (Å²) in [6, 6.07) is 0. The summed E-state index contributed by atoms with van der Waals surface area (Å²) in [5.74, 6) is 0.426. The number of hydrogen-bond donors (Lipinski definition) is 1. The molecular weight excluding hydrogens is 145 g/mol. The normalized spacial score (nSPS) is 13.4. The molecule has 0 fully saturated rings. The van der Waals surface area contributed by atoms with Gasteiger partial charge >= 0.3 is 0 Å². The van der Waals surface area contributed by atoms with E-state index in [1.807, 2.05) is 6.92 Å². The van der Waals surface area contributed by atoms with Crippen LogP contribution in [0.2, 0.25) is 0 Å². The third-order valence-corrected chi connectivity index (χ3v) is 1.58. The average Bonchev–Trinajstić information content (AvgIpc) is 2.50. The van der Waals surface area contributed by atoms with Gasteiger partial charge in [-0.05, 0) is 6.92 Å². The van der Waals surface area contributed by atoms with Gasteiger partial charge in [0.1, 0.15) is 5.82 Å². The minimum absolute atomic E-state index is 0.00296. The molecule has 1 heterocycles. The lowest BCUT2D eigenvalue weighted by molar-refractivity contribution is 0.326. The molecule has 3 nitrogen and oxygen atoms in total. The summed E-state index contributed by atoms with van der Waals surface area (Å²) >= 11 is 0. The smallest absolute Gasteiger partial charge is 0.170 e. The number of halogens is 1. The van der Waals surface area contributed by atoms with Crippen molar-refractivity contribution >= 4 is 0 Å². The van der Waals surface area contributed by atoms with Gasteiger partial charge in [0.15, 0.2) is 6.17 Å². The van der Waals surface area contributed by atoms with Crippen LogP contribution in [0.3, 0.4) is 0 Å². The fourth-order valence-corrected chi connectivity index (χ4v) is 0.974. The predicted octanol–water partition coefficient (Wildman–Crippen LogP) is 0.872. The Morgan fingerprint density at radius 3 is 3.09 bits per heavy atom. The summed E-state index contributed by atoms with van der Waals surface area (Å²) in [6.07, 6.45) is 2.20. The van der Waals surface area contributed by atoms with E-state index in [4.69, 9.17) is 5.73 Å². The van der Waals surface area contributed by atoms with E-state index in [0.29, 0.717) is 5.82 Å². The second kappa shape index (κ2) is 3.48. The Morgan fingerprint density at radius 1 is 1.82 bits per heavy atom. The van der Waals surface area contributed by atoms with Crippen LogP contribution in [-0.4, -0.2) is 16.1 Å². The number of hydrogen-bond acceptors (Lipinski definition) is 2. The zero-order valence-corrected chi connectivity index (χ0v) is 6.50. The van der Waals surface area contributed by atoms with Crippen molar-refractivity contribution < 1.29 is 4.39 Å². The Kier molecular flexibility index (Phi) is 2.59. The average molecular weight is 157 g/mol. The van der Waals surface area contributed by atoms with E-state index >= 15 is 0 Å². The number of aromatic nitrogens is 2. The third kappa shape index (κ3) is 1.57. The minimum Gasteiger partial charge on any atom is -0.333 e. The maximum absolute atomic E-state index is 12.9. The molecular formula is C7H12FN3. The second-order valence-corrected chi connectivity index (χ2v) is 2.27. The van der Waals surface area contributed by atoms with Crippen molar-refractivity contribution in [2.45, 2.75) is 19.6 Å². The molecule has 0 saturated heterocycles. The van der Waals surface area contributed by atoms with Gasteiger partial charge in [0, 0.05) is 25.5 Å². The highest BCUT2D eigenvalue weighted by atomic mass is 19.1. The third-order valence-electron chi connectivity index (χ3n) is 1.58. The molecule has 1 atom stereocenters. The first kappa shape index (κ1) is 8.20. The molecule has 0 saturated carbocycles. The molecule has 0 aliphatic rings. The summed E-state index contributed by atoms with van der Waals surface area (Å²) < 4.78 is 14.7. The molecule has 0 aliphatic carbocycles. The highest BCUT2D eigenvalue weighted by molar-refractivity contribution is 4.96. The molecule has 1 rings (SSSR count). The largest absolute Gasteiger partial charge is 0.333 e. The van der Waals surface area contributed by atoms with Crippen molar-refractivity contribution in [3.05, 3.63) is 18.2 Å². The van der Waals surface area contributed by atoms with Crippen molar-refractivity contribution in [2.24, 2.45) is 5.73 Å². The Hall–Kier alpha value is -0.900. The molecule has 1 aromatic heterocycles. The summed E-state index contributed by atoms with van der Waals surface area (Å²) in [6.45, 7) is 2.67. The first-order valence-electron chi connectivity index (χ1n) is 3.64. The van der Waals surface area contributed by atoms with Crippen molar-refractivity contribution in [2.75, 3.05) is 6.54 Å². The van der Waals surface area contributed by atoms with Crippen LogP contribution in [-0.2, 0) is 6.54 Å². The van der Waals surface area contributed by atoms with Crippen LogP contribution in [0.4, 0.5) is 4.39 Å². The van der Waals surface area contributed by atoms with Gasteiger partial charge in [-0.1, -0.05) is 0 Å². The molecule has 0 amide bonds. The van der Waals surface area contributed by atoms with Crippen LogP contribution in [0, 0.1) is 0 Å². The molecule has 2 N–H and O–H groups in total. The van der Waals surface area contributed by atoms with E-state index in [0.717, 1.165) is 6.54 Å². The molecule has 0 bridgehead atoms. The summed E-state index contributed by atoms with van der Waals surface area (Å²) in [5.41, 5.74) is 5.16. The van der Waals surface area contributed by atoms with Crippen LogP contribution < -0.4 is 5.73 Å². The molecule has 1 aromatic rings. The minimum atomic E-state index is -1.13. The van der Waals surface area contributed by atoms with Crippen molar-refractivity contribution in [3.63, 3.8) is 0 Å². The standard InChI is InChI=1S/C7H12FN3/c1-2-11-4-3-10-7(11)6(8)5-9/h3-4,6H,2,5,9H2,1H3. The summed E-state index contributed by atoms with van der Waals surface area (Å²) in [7, 11) is 0. The lowest BCUT2D eigenvalue weighted by Gasteiger charge is -2.06. The van der Waals surface area contributed by atoms with E-state index in [9.17, 15) is 4.39 Å². The summed E-state index contributed by atoms with van der Waals surface area (Å²) in [4.78, 5) is 3.87. The second-order valence-electron chi connectivity index (χ2n) is 2.27. The molecule has 11 heavy (non-hydrogen) atoms. The van der Waals surface area contributed by atoms with E-state index in [1.54, 1.807) is 17.0 Å².